The minimum absolute atomic E-state index is 0.207. The third kappa shape index (κ3) is 2.61. The SMILES string of the molecule is CCCCc1nc2ccccc2n1C(C)C(=O)NN. The highest BCUT2D eigenvalue weighted by atomic mass is 16.2. The first-order valence-corrected chi connectivity index (χ1v) is 6.65. The van der Waals surface area contributed by atoms with Crippen molar-refractivity contribution >= 4 is 16.9 Å². The number of hydrogen-bond donors (Lipinski definition) is 2. The molecule has 1 heterocycles. The van der Waals surface area contributed by atoms with Crippen molar-refractivity contribution in [2.75, 3.05) is 0 Å². The van der Waals surface area contributed by atoms with Gasteiger partial charge < -0.3 is 4.57 Å². The second-order valence-electron chi connectivity index (χ2n) is 4.67. The number of rotatable bonds is 5. The largest absolute Gasteiger partial charge is 0.316 e. The number of hydrazine groups is 1. The Balaban J connectivity index is 2.50. The van der Waals surface area contributed by atoms with Crippen LogP contribution in [0, 0.1) is 0 Å². The van der Waals surface area contributed by atoms with Crippen molar-refractivity contribution in [3.05, 3.63) is 30.1 Å². The van der Waals surface area contributed by atoms with Crippen molar-refractivity contribution in [2.24, 2.45) is 5.84 Å². The molecular weight excluding hydrogens is 240 g/mol. The number of carbonyl (C=O) groups is 1. The number of unbranched alkanes of at least 4 members (excludes halogenated alkanes) is 1. The molecule has 0 aliphatic carbocycles. The Morgan fingerprint density at radius 2 is 2.21 bits per heavy atom. The van der Waals surface area contributed by atoms with Gasteiger partial charge in [0.25, 0.3) is 5.91 Å². The van der Waals surface area contributed by atoms with Gasteiger partial charge in [-0.15, -0.1) is 0 Å². The summed E-state index contributed by atoms with van der Waals surface area (Å²) in [6.07, 6.45) is 3.02. The number of hydrogen-bond acceptors (Lipinski definition) is 3. The summed E-state index contributed by atoms with van der Waals surface area (Å²) in [5, 5.41) is 0. The predicted octanol–water partition coefficient (Wildman–Crippen LogP) is 1.93. The first kappa shape index (κ1) is 13.5. The molecule has 5 nitrogen and oxygen atoms in total. The zero-order valence-electron chi connectivity index (χ0n) is 11.4. The van der Waals surface area contributed by atoms with Crippen molar-refractivity contribution < 1.29 is 4.79 Å². The van der Waals surface area contributed by atoms with Crippen LogP contribution in [0.1, 0.15) is 38.6 Å². The van der Waals surface area contributed by atoms with Gasteiger partial charge in [0.15, 0.2) is 0 Å². The van der Waals surface area contributed by atoms with Crippen molar-refractivity contribution in [2.45, 2.75) is 39.2 Å². The highest BCUT2D eigenvalue weighted by Crippen LogP contribution is 2.22. The molecule has 5 heteroatoms. The van der Waals surface area contributed by atoms with Crippen LogP contribution in [0.25, 0.3) is 11.0 Å². The van der Waals surface area contributed by atoms with Crippen LogP contribution >= 0.6 is 0 Å². The average molecular weight is 260 g/mol. The molecule has 0 radical (unpaired) electrons. The van der Waals surface area contributed by atoms with Crippen molar-refractivity contribution in [3.8, 4) is 0 Å². The number of imidazole rings is 1. The number of carbonyl (C=O) groups excluding carboxylic acids is 1. The van der Waals surface area contributed by atoms with Crippen LogP contribution in [0.3, 0.4) is 0 Å². The standard InChI is InChI=1S/C14H20N4O/c1-3-4-9-13-16-11-7-5-6-8-12(11)18(13)10(2)14(19)17-15/h5-8,10H,3-4,9,15H2,1-2H3,(H,17,19). The minimum Gasteiger partial charge on any atom is -0.316 e. The Kier molecular flexibility index (Phi) is 4.16. The summed E-state index contributed by atoms with van der Waals surface area (Å²) < 4.78 is 1.98. The van der Waals surface area contributed by atoms with Crippen LogP contribution in [0.5, 0.6) is 0 Å². The summed E-state index contributed by atoms with van der Waals surface area (Å²) in [6.45, 7) is 3.98. The molecule has 0 bridgehead atoms. The quantitative estimate of drug-likeness (QED) is 0.490. The maximum Gasteiger partial charge on any atom is 0.256 e. The number of aryl methyl sites for hydroxylation is 1. The van der Waals surface area contributed by atoms with E-state index in [9.17, 15) is 4.79 Å². The Hall–Kier alpha value is -1.88. The number of fused-ring (bicyclic) bond motifs is 1. The summed E-state index contributed by atoms with van der Waals surface area (Å²) in [4.78, 5) is 16.4. The van der Waals surface area contributed by atoms with E-state index < -0.39 is 0 Å². The number of nitrogens with zero attached hydrogens (tertiary/aromatic N) is 2. The van der Waals surface area contributed by atoms with Gasteiger partial charge in [0.05, 0.1) is 11.0 Å². The van der Waals surface area contributed by atoms with E-state index in [1.165, 1.54) is 0 Å². The van der Waals surface area contributed by atoms with E-state index in [1.807, 2.05) is 35.8 Å². The number of amides is 1. The van der Waals surface area contributed by atoms with Gasteiger partial charge in [0, 0.05) is 6.42 Å². The van der Waals surface area contributed by atoms with Crippen LogP contribution in [0.15, 0.2) is 24.3 Å². The molecule has 102 valence electrons. The molecule has 19 heavy (non-hydrogen) atoms. The molecule has 0 spiro atoms. The summed E-state index contributed by atoms with van der Waals surface area (Å²) in [5.74, 6) is 5.98. The Labute approximate surface area is 112 Å². The Morgan fingerprint density at radius 3 is 2.89 bits per heavy atom. The summed E-state index contributed by atoms with van der Waals surface area (Å²) >= 11 is 0. The van der Waals surface area contributed by atoms with Crippen LogP contribution < -0.4 is 11.3 Å². The number of benzene rings is 1. The van der Waals surface area contributed by atoms with E-state index in [0.29, 0.717) is 0 Å². The second kappa shape index (κ2) is 5.84. The highest BCUT2D eigenvalue weighted by molar-refractivity contribution is 5.83. The molecule has 1 atom stereocenters. The van der Waals surface area contributed by atoms with E-state index >= 15 is 0 Å². The van der Waals surface area contributed by atoms with Gasteiger partial charge in [-0.25, -0.2) is 10.8 Å². The van der Waals surface area contributed by atoms with Crippen LogP contribution in [0.2, 0.25) is 0 Å². The lowest BCUT2D eigenvalue weighted by atomic mass is 10.2. The van der Waals surface area contributed by atoms with Crippen molar-refractivity contribution in [3.63, 3.8) is 0 Å². The maximum atomic E-state index is 11.8. The summed E-state index contributed by atoms with van der Waals surface area (Å²) in [7, 11) is 0. The zero-order valence-corrected chi connectivity index (χ0v) is 11.4. The Bertz CT molecular complexity index is 576. The number of para-hydroxylation sites is 2. The zero-order chi connectivity index (χ0) is 13.8. The molecule has 0 saturated carbocycles. The normalized spacial score (nSPS) is 12.6. The van der Waals surface area contributed by atoms with E-state index in [0.717, 1.165) is 36.1 Å². The van der Waals surface area contributed by atoms with Crippen molar-refractivity contribution in [1.29, 1.82) is 0 Å². The fourth-order valence-electron chi connectivity index (χ4n) is 2.28. The van der Waals surface area contributed by atoms with Gasteiger partial charge in [-0.2, -0.15) is 0 Å². The lowest BCUT2D eigenvalue weighted by molar-refractivity contribution is -0.123. The van der Waals surface area contributed by atoms with Gasteiger partial charge in [0.2, 0.25) is 0 Å². The number of nitrogens with two attached hydrogens (primary N) is 1. The molecule has 1 aromatic carbocycles. The maximum absolute atomic E-state index is 11.8. The van der Waals surface area contributed by atoms with Gasteiger partial charge in [0.1, 0.15) is 11.9 Å². The van der Waals surface area contributed by atoms with E-state index in [-0.39, 0.29) is 11.9 Å². The fourth-order valence-corrected chi connectivity index (χ4v) is 2.28. The molecule has 3 N–H and O–H groups in total. The molecule has 2 rings (SSSR count). The summed E-state index contributed by atoms with van der Waals surface area (Å²) in [5.41, 5.74) is 4.11. The molecule has 0 aliphatic heterocycles. The van der Waals surface area contributed by atoms with Crippen LogP contribution in [-0.2, 0) is 11.2 Å². The van der Waals surface area contributed by atoms with E-state index in [4.69, 9.17) is 5.84 Å². The van der Waals surface area contributed by atoms with Crippen molar-refractivity contribution in [1.82, 2.24) is 15.0 Å². The van der Waals surface area contributed by atoms with Gasteiger partial charge >= 0.3 is 0 Å². The third-order valence-corrected chi connectivity index (χ3v) is 3.33. The molecular formula is C14H20N4O. The lowest BCUT2D eigenvalue weighted by Crippen LogP contribution is -2.36. The minimum atomic E-state index is -0.357. The van der Waals surface area contributed by atoms with E-state index in [2.05, 4.69) is 17.3 Å². The smallest absolute Gasteiger partial charge is 0.256 e. The third-order valence-electron chi connectivity index (χ3n) is 3.33. The lowest BCUT2D eigenvalue weighted by Gasteiger charge is -2.15. The van der Waals surface area contributed by atoms with Crippen LogP contribution in [-0.4, -0.2) is 15.5 Å². The molecule has 2 aromatic rings. The monoisotopic (exact) mass is 260 g/mol. The first-order valence-electron chi connectivity index (χ1n) is 6.65. The van der Waals surface area contributed by atoms with Gasteiger partial charge in [-0.05, 0) is 25.5 Å². The number of aromatic nitrogens is 2. The van der Waals surface area contributed by atoms with E-state index in [1.54, 1.807) is 0 Å². The Morgan fingerprint density at radius 1 is 1.47 bits per heavy atom. The fraction of sp³-hybridized carbons (Fsp3) is 0.429. The summed E-state index contributed by atoms with van der Waals surface area (Å²) in [6, 6.07) is 7.50. The second-order valence-corrected chi connectivity index (χ2v) is 4.67. The molecule has 0 saturated heterocycles. The average Bonchev–Trinajstić information content (AvgIpc) is 2.81. The first-order chi connectivity index (χ1) is 9.19. The topological polar surface area (TPSA) is 72.9 Å². The highest BCUT2D eigenvalue weighted by Gasteiger charge is 2.20. The van der Waals surface area contributed by atoms with Crippen LogP contribution in [0.4, 0.5) is 0 Å². The van der Waals surface area contributed by atoms with Gasteiger partial charge in [-0.1, -0.05) is 25.5 Å². The van der Waals surface area contributed by atoms with Gasteiger partial charge in [-0.3, -0.25) is 10.2 Å². The number of nitrogens with one attached hydrogen (secondary N) is 1. The molecule has 1 amide bonds. The molecule has 1 unspecified atom stereocenters. The molecule has 1 aromatic heterocycles. The molecule has 0 aliphatic rings. The molecule has 0 fully saturated rings. The predicted molar refractivity (Wildman–Crippen MR) is 75.4 cm³/mol.